The van der Waals surface area contributed by atoms with Crippen LogP contribution in [0.25, 0.3) is 0 Å². The first-order valence-corrected chi connectivity index (χ1v) is 12.2. The summed E-state index contributed by atoms with van der Waals surface area (Å²) in [6.45, 7) is 1.47. The molecule has 0 spiro atoms. The zero-order valence-electron chi connectivity index (χ0n) is 15.8. The highest BCUT2D eigenvalue weighted by Gasteiger charge is 2.27. The lowest BCUT2D eigenvalue weighted by atomic mass is 10.2. The summed E-state index contributed by atoms with van der Waals surface area (Å²) >= 11 is 12.7. The Morgan fingerprint density at radius 3 is 2.37 bits per heavy atom. The van der Waals surface area contributed by atoms with Crippen LogP contribution >= 0.6 is 43.5 Å². The number of carbonyl (C=O) groups is 1. The van der Waals surface area contributed by atoms with E-state index in [1.165, 1.54) is 12.1 Å². The number of carbonyl (C=O) groups excluding carboxylic acids is 1. The Hall–Kier alpha value is -1.87. The van der Waals surface area contributed by atoms with E-state index in [2.05, 4.69) is 37.2 Å². The Morgan fingerprint density at radius 1 is 1.03 bits per heavy atom. The number of nitrogens with one attached hydrogen (secondary N) is 1. The summed E-state index contributed by atoms with van der Waals surface area (Å²) in [6.07, 6.45) is 0. The monoisotopic (exact) mass is 570 g/mol. The Kier molecular flexibility index (Phi) is 7.23. The van der Waals surface area contributed by atoms with E-state index in [9.17, 15) is 13.2 Å². The second-order valence-electron chi connectivity index (χ2n) is 6.48. The standard InChI is InChI=1S/C21H17Br2ClN2O3S/c1-14-5-8-18(9-6-14)30(28,29)26(17-4-2-3-15(22)11-17)13-21(27)25-16-7-10-19(23)20(24)12-16/h2-12H,13H2,1H3,(H,25,27). The van der Waals surface area contributed by atoms with E-state index >= 15 is 0 Å². The van der Waals surface area contributed by atoms with E-state index in [0.717, 1.165) is 9.87 Å². The summed E-state index contributed by atoms with van der Waals surface area (Å²) in [5.41, 5.74) is 1.77. The van der Waals surface area contributed by atoms with Crippen molar-refractivity contribution in [2.45, 2.75) is 11.8 Å². The minimum atomic E-state index is -3.97. The first-order chi connectivity index (χ1) is 14.2. The van der Waals surface area contributed by atoms with E-state index < -0.39 is 22.5 Å². The molecule has 3 aromatic rings. The fourth-order valence-electron chi connectivity index (χ4n) is 2.69. The van der Waals surface area contributed by atoms with Crippen molar-refractivity contribution in [3.63, 3.8) is 0 Å². The molecule has 5 nitrogen and oxygen atoms in total. The van der Waals surface area contributed by atoms with Gasteiger partial charge in [0, 0.05) is 14.6 Å². The van der Waals surface area contributed by atoms with Crippen LogP contribution in [0.15, 0.2) is 80.6 Å². The fourth-order valence-corrected chi connectivity index (χ4v) is 4.92. The third kappa shape index (κ3) is 5.43. The third-order valence-electron chi connectivity index (χ3n) is 4.20. The van der Waals surface area contributed by atoms with Crippen molar-refractivity contribution >= 4 is 70.8 Å². The predicted octanol–water partition coefficient (Wildman–Crippen LogP) is 6.01. The van der Waals surface area contributed by atoms with E-state index in [0.29, 0.717) is 25.3 Å². The van der Waals surface area contributed by atoms with Gasteiger partial charge in [0.05, 0.1) is 15.6 Å². The molecule has 0 bridgehead atoms. The van der Waals surface area contributed by atoms with Crippen LogP contribution in [0.5, 0.6) is 0 Å². The quantitative estimate of drug-likeness (QED) is 0.394. The lowest BCUT2D eigenvalue weighted by molar-refractivity contribution is -0.114. The van der Waals surface area contributed by atoms with Crippen LogP contribution in [0, 0.1) is 6.92 Å². The SMILES string of the molecule is Cc1ccc(S(=O)(=O)N(CC(=O)Nc2ccc(Br)c(Cl)c2)c2cccc(Br)c2)cc1. The normalized spacial score (nSPS) is 11.2. The number of amides is 1. The molecule has 0 aromatic heterocycles. The van der Waals surface area contributed by atoms with Crippen molar-refractivity contribution in [2.75, 3.05) is 16.2 Å². The van der Waals surface area contributed by atoms with Crippen LogP contribution < -0.4 is 9.62 Å². The second-order valence-corrected chi connectivity index (χ2v) is 10.5. The highest BCUT2D eigenvalue weighted by atomic mass is 79.9. The van der Waals surface area contributed by atoms with E-state index in [-0.39, 0.29) is 4.90 Å². The summed E-state index contributed by atoms with van der Waals surface area (Å²) in [5, 5.41) is 3.13. The van der Waals surface area contributed by atoms with Crippen molar-refractivity contribution in [1.29, 1.82) is 0 Å². The minimum Gasteiger partial charge on any atom is -0.324 e. The van der Waals surface area contributed by atoms with Crippen molar-refractivity contribution < 1.29 is 13.2 Å². The maximum absolute atomic E-state index is 13.3. The molecule has 156 valence electrons. The molecule has 3 rings (SSSR count). The zero-order chi connectivity index (χ0) is 21.9. The number of halogens is 3. The van der Waals surface area contributed by atoms with Crippen LogP contribution in [-0.4, -0.2) is 20.9 Å². The maximum atomic E-state index is 13.3. The van der Waals surface area contributed by atoms with Gasteiger partial charge in [0.15, 0.2) is 0 Å². The molecule has 1 amide bonds. The predicted molar refractivity (Wildman–Crippen MR) is 128 cm³/mol. The third-order valence-corrected chi connectivity index (χ3v) is 7.71. The molecule has 3 aromatic carbocycles. The number of nitrogens with zero attached hydrogens (tertiary/aromatic N) is 1. The number of hydrogen-bond acceptors (Lipinski definition) is 3. The summed E-state index contributed by atoms with van der Waals surface area (Å²) in [4.78, 5) is 12.8. The lowest BCUT2D eigenvalue weighted by Gasteiger charge is -2.24. The summed E-state index contributed by atoms with van der Waals surface area (Å²) in [5.74, 6) is -0.496. The molecule has 9 heteroatoms. The van der Waals surface area contributed by atoms with Crippen LogP contribution in [0.4, 0.5) is 11.4 Å². The first kappa shape index (κ1) is 22.8. The van der Waals surface area contributed by atoms with Crippen LogP contribution in [-0.2, 0) is 14.8 Å². The van der Waals surface area contributed by atoms with Gasteiger partial charge in [-0.25, -0.2) is 8.42 Å². The Balaban J connectivity index is 1.94. The van der Waals surface area contributed by atoms with Gasteiger partial charge in [0.1, 0.15) is 6.54 Å². The molecule has 1 N–H and O–H groups in total. The molecule has 30 heavy (non-hydrogen) atoms. The molecular formula is C21H17Br2ClN2O3S. The van der Waals surface area contributed by atoms with Crippen molar-refractivity contribution in [1.82, 2.24) is 0 Å². The molecule has 0 heterocycles. The Morgan fingerprint density at radius 2 is 1.73 bits per heavy atom. The molecular weight excluding hydrogens is 556 g/mol. The lowest BCUT2D eigenvalue weighted by Crippen LogP contribution is -2.38. The van der Waals surface area contributed by atoms with Crippen LogP contribution in [0.2, 0.25) is 5.02 Å². The average Bonchev–Trinajstić information content (AvgIpc) is 2.69. The second kappa shape index (κ2) is 9.51. The minimum absolute atomic E-state index is 0.104. The van der Waals surface area contributed by atoms with E-state index in [1.807, 2.05) is 6.92 Å². The fraction of sp³-hybridized carbons (Fsp3) is 0.0952. The number of benzene rings is 3. The van der Waals surface area contributed by atoms with Crippen LogP contribution in [0.1, 0.15) is 5.56 Å². The van der Waals surface area contributed by atoms with Gasteiger partial charge in [-0.15, -0.1) is 0 Å². The highest BCUT2D eigenvalue weighted by molar-refractivity contribution is 9.10. The van der Waals surface area contributed by atoms with Crippen molar-refractivity contribution in [2.24, 2.45) is 0 Å². The Labute approximate surface area is 197 Å². The molecule has 0 aliphatic carbocycles. The summed E-state index contributed by atoms with van der Waals surface area (Å²) in [7, 11) is -3.97. The van der Waals surface area contributed by atoms with Crippen molar-refractivity contribution in [3.8, 4) is 0 Å². The summed E-state index contributed by atoms with van der Waals surface area (Å²) in [6, 6.07) is 18.2. The topological polar surface area (TPSA) is 66.5 Å². The van der Waals surface area contributed by atoms with Crippen molar-refractivity contribution in [3.05, 3.63) is 86.3 Å². The zero-order valence-corrected chi connectivity index (χ0v) is 20.5. The molecule has 0 aliphatic rings. The van der Waals surface area contributed by atoms with Gasteiger partial charge in [0.2, 0.25) is 5.91 Å². The molecule has 0 atom stereocenters. The van der Waals surface area contributed by atoms with Gasteiger partial charge >= 0.3 is 0 Å². The molecule has 0 fully saturated rings. The van der Waals surface area contributed by atoms with Gasteiger partial charge in [0.25, 0.3) is 10.0 Å². The first-order valence-electron chi connectivity index (χ1n) is 8.77. The number of rotatable bonds is 6. The average molecular weight is 573 g/mol. The van der Waals surface area contributed by atoms with E-state index in [1.54, 1.807) is 54.6 Å². The number of anilines is 2. The Bertz CT molecular complexity index is 1190. The summed E-state index contributed by atoms with van der Waals surface area (Å²) < 4.78 is 29.2. The highest BCUT2D eigenvalue weighted by Crippen LogP contribution is 2.28. The van der Waals surface area contributed by atoms with Crippen LogP contribution in [0.3, 0.4) is 0 Å². The smallest absolute Gasteiger partial charge is 0.264 e. The largest absolute Gasteiger partial charge is 0.324 e. The molecule has 0 aliphatic heterocycles. The molecule has 0 saturated carbocycles. The number of hydrogen-bond donors (Lipinski definition) is 1. The number of aryl methyl sites for hydroxylation is 1. The van der Waals surface area contributed by atoms with Gasteiger partial charge in [-0.05, 0) is 71.4 Å². The van der Waals surface area contributed by atoms with Gasteiger partial charge in [-0.2, -0.15) is 0 Å². The maximum Gasteiger partial charge on any atom is 0.264 e. The number of sulfonamides is 1. The van der Waals surface area contributed by atoms with Gasteiger partial charge in [-0.3, -0.25) is 9.10 Å². The van der Waals surface area contributed by atoms with E-state index in [4.69, 9.17) is 11.6 Å². The van der Waals surface area contributed by atoms with Gasteiger partial charge in [-0.1, -0.05) is 51.3 Å². The van der Waals surface area contributed by atoms with Gasteiger partial charge < -0.3 is 5.32 Å². The molecule has 0 unspecified atom stereocenters. The molecule has 0 radical (unpaired) electrons. The molecule has 0 saturated heterocycles.